The molecule has 4 aromatic rings. The summed E-state index contributed by atoms with van der Waals surface area (Å²) >= 11 is 0. The zero-order valence-corrected chi connectivity index (χ0v) is 21.2. The minimum absolute atomic E-state index is 0.101. The first-order valence-corrected chi connectivity index (χ1v) is 12.0. The molecule has 0 saturated carbocycles. The number of amides is 1. The van der Waals surface area contributed by atoms with E-state index in [0.29, 0.717) is 6.54 Å². The number of rotatable bonds is 7. The smallest absolute Gasteiger partial charge is 0.260 e. The summed E-state index contributed by atoms with van der Waals surface area (Å²) in [6, 6.07) is 4.00. The Hall–Kier alpha value is -4.16. The maximum absolute atomic E-state index is 15.2. The lowest BCUT2D eigenvalue weighted by Gasteiger charge is -2.31. The fourth-order valence-corrected chi connectivity index (χ4v) is 4.49. The lowest BCUT2D eigenvalue weighted by molar-refractivity contribution is 0.102. The Morgan fingerprint density at radius 1 is 1.00 bits per heavy atom. The van der Waals surface area contributed by atoms with Crippen molar-refractivity contribution in [1.29, 1.82) is 0 Å². The molecule has 1 fully saturated rings. The van der Waals surface area contributed by atoms with Crippen LogP contribution in [-0.2, 0) is 6.54 Å². The molecule has 0 unspecified atom stereocenters. The summed E-state index contributed by atoms with van der Waals surface area (Å²) < 4.78 is 40.6. The number of H-pyrrole nitrogens is 1. The number of ether oxygens (including phenoxy) is 2. The first-order chi connectivity index (χ1) is 18.4. The summed E-state index contributed by atoms with van der Waals surface area (Å²) in [5, 5.41) is 2.75. The minimum atomic E-state index is -0.918. The third-order valence-electron chi connectivity index (χ3n) is 6.56. The molecule has 0 atom stereocenters. The number of imidazole rings is 1. The van der Waals surface area contributed by atoms with Crippen molar-refractivity contribution in [1.82, 2.24) is 29.7 Å². The van der Waals surface area contributed by atoms with Gasteiger partial charge in [-0.2, -0.15) is 0 Å². The van der Waals surface area contributed by atoms with Gasteiger partial charge < -0.3 is 19.4 Å². The predicted molar refractivity (Wildman–Crippen MR) is 137 cm³/mol. The summed E-state index contributed by atoms with van der Waals surface area (Å²) in [5.74, 6) is -2.43. The van der Waals surface area contributed by atoms with E-state index in [1.807, 2.05) is 0 Å². The first-order valence-electron chi connectivity index (χ1n) is 12.0. The summed E-state index contributed by atoms with van der Waals surface area (Å²) in [6.45, 7) is 4.60. The van der Waals surface area contributed by atoms with Gasteiger partial charge in [0.05, 0.1) is 42.8 Å². The fourth-order valence-electron chi connectivity index (χ4n) is 4.49. The average molecular weight is 524 g/mol. The van der Waals surface area contributed by atoms with Crippen LogP contribution in [0.2, 0.25) is 0 Å². The maximum Gasteiger partial charge on any atom is 0.260 e. The summed E-state index contributed by atoms with van der Waals surface area (Å²) in [6.07, 6.45) is 4.48. The molecule has 5 rings (SSSR count). The first kappa shape index (κ1) is 25.5. The monoisotopic (exact) mass is 523 g/mol. The van der Waals surface area contributed by atoms with E-state index in [0.717, 1.165) is 37.9 Å². The number of anilines is 1. The second-order valence-corrected chi connectivity index (χ2v) is 8.99. The van der Waals surface area contributed by atoms with Gasteiger partial charge in [0.2, 0.25) is 5.95 Å². The van der Waals surface area contributed by atoms with E-state index in [-0.39, 0.29) is 39.6 Å². The van der Waals surface area contributed by atoms with E-state index in [2.05, 4.69) is 42.1 Å². The molecule has 1 amide bonds. The Bertz CT molecular complexity index is 1460. The van der Waals surface area contributed by atoms with E-state index in [4.69, 9.17) is 9.47 Å². The average Bonchev–Trinajstić information content (AvgIpc) is 3.36. The zero-order chi connectivity index (χ0) is 26.8. The molecule has 10 nitrogen and oxygen atoms in total. The number of likely N-dealkylation sites (N-methyl/N-ethyl adjacent to an activating group) is 1. The molecule has 0 bridgehead atoms. The van der Waals surface area contributed by atoms with Gasteiger partial charge in [-0.15, -0.1) is 0 Å². The van der Waals surface area contributed by atoms with Crippen LogP contribution in [0.15, 0.2) is 36.8 Å². The van der Waals surface area contributed by atoms with Gasteiger partial charge >= 0.3 is 0 Å². The van der Waals surface area contributed by atoms with Crippen molar-refractivity contribution in [3.8, 4) is 22.6 Å². The number of aromatic amines is 1. The fraction of sp³-hybridized carbons (Fsp3) is 0.308. The number of piperazine rings is 1. The van der Waals surface area contributed by atoms with E-state index >= 15 is 8.78 Å². The molecule has 12 heteroatoms. The quantitative estimate of drug-likeness (QED) is 0.380. The number of benzene rings is 2. The lowest BCUT2D eigenvalue weighted by Crippen LogP contribution is -2.43. The molecule has 0 radical (unpaired) electrons. The molecule has 3 heterocycles. The van der Waals surface area contributed by atoms with Crippen molar-refractivity contribution in [2.45, 2.75) is 6.54 Å². The van der Waals surface area contributed by atoms with Crippen molar-refractivity contribution in [2.24, 2.45) is 0 Å². The van der Waals surface area contributed by atoms with E-state index < -0.39 is 23.1 Å². The van der Waals surface area contributed by atoms with Gasteiger partial charge in [-0.3, -0.25) is 25.0 Å². The number of halogens is 2. The highest BCUT2D eigenvalue weighted by atomic mass is 19.1. The molecule has 1 saturated heterocycles. The number of hydrogen-bond donors (Lipinski definition) is 2. The Balaban J connectivity index is 1.44. The van der Waals surface area contributed by atoms with Crippen molar-refractivity contribution < 1.29 is 23.0 Å². The van der Waals surface area contributed by atoms with Crippen molar-refractivity contribution >= 4 is 22.9 Å². The number of carbonyl (C=O) groups is 1. The van der Waals surface area contributed by atoms with Gasteiger partial charge in [0.1, 0.15) is 5.52 Å². The Labute approximate surface area is 217 Å². The molecule has 1 aliphatic heterocycles. The number of fused-ring (bicyclic) bond motifs is 1. The molecular formula is C26H27F2N7O3. The Kier molecular flexibility index (Phi) is 7.16. The van der Waals surface area contributed by atoms with E-state index in [9.17, 15) is 4.79 Å². The Morgan fingerprint density at radius 3 is 2.32 bits per heavy atom. The van der Waals surface area contributed by atoms with Crippen LogP contribution in [0.25, 0.3) is 22.2 Å². The topological polar surface area (TPSA) is 108 Å². The van der Waals surface area contributed by atoms with Crippen LogP contribution in [0, 0.1) is 11.6 Å². The van der Waals surface area contributed by atoms with Crippen molar-refractivity contribution in [2.75, 3.05) is 52.8 Å². The van der Waals surface area contributed by atoms with Crippen LogP contribution in [-0.4, -0.2) is 83.1 Å². The number of nitrogens with zero attached hydrogens (tertiary/aromatic N) is 5. The molecule has 2 aromatic carbocycles. The summed E-state index contributed by atoms with van der Waals surface area (Å²) in [4.78, 5) is 33.8. The molecule has 0 spiro atoms. The molecular weight excluding hydrogens is 496 g/mol. The molecule has 198 valence electrons. The van der Waals surface area contributed by atoms with Gasteiger partial charge in [0, 0.05) is 56.7 Å². The number of methoxy groups -OCH3 is 2. The maximum atomic E-state index is 15.2. The van der Waals surface area contributed by atoms with Crippen molar-refractivity contribution in [3.05, 3.63) is 59.7 Å². The van der Waals surface area contributed by atoms with Crippen LogP contribution in [0.1, 0.15) is 16.1 Å². The van der Waals surface area contributed by atoms with Crippen LogP contribution < -0.4 is 14.8 Å². The third kappa shape index (κ3) is 4.87. The largest absolute Gasteiger partial charge is 0.494 e. The molecule has 2 aromatic heterocycles. The standard InChI is InChI=1S/C26H27F2N7O3/c1-34-8-10-35(11-9-34)14-15-13-31-26(32-15)33-25(36)17-5-4-16(23-24(17)30-7-6-29-23)20-21(27)18(37-2)12-19(38-3)22(20)28/h4-7,12-13H,8-11,14H2,1-3H3,(H2,31,32,33,36). The zero-order valence-electron chi connectivity index (χ0n) is 21.2. The lowest BCUT2D eigenvalue weighted by atomic mass is 9.99. The van der Waals surface area contributed by atoms with E-state index in [1.54, 1.807) is 6.20 Å². The third-order valence-corrected chi connectivity index (χ3v) is 6.56. The minimum Gasteiger partial charge on any atom is -0.494 e. The number of aromatic nitrogens is 4. The van der Waals surface area contributed by atoms with Gasteiger partial charge in [-0.1, -0.05) is 6.07 Å². The van der Waals surface area contributed by atoms with Gasteiger partial charge in [-0.25, -0.2) is 13.8 Å². The summed E-state index contributed by atoms with van der Waals surface area (Å²) in [7, 11) is 4.65. The summed E-state index contributed by atoms with van der Waals surface area (Å²) in [5.41, 5.74) is 1.07. The second-order valence-electron chi connectivity index (χ2n) is 8.99. The molecule has 1 aliphatic rings. The highest BCUT2D eigenvalue weighted by Gasteiger charge is 2.25. The van der Waals surface area contributed by atoms with Gasteiger partial charge in [0.15, 0.2) is 23.1 Å². The highest BCUT2D eigenvalue weighted by molar-refractivity contribution is 6.13. The Morgan fingerprint density at radius 2 is 1.66 bits per heavy atom. The number of carbonyl (C=O) groups excluding carboxylic acids is 1. The van der Waals surface area contributed by atoms with Gasteiger partial charge in [0.25, 0.3) is 5.91 Å². The van der Waals surface area contributed by atoms with Crippen molar-refractivity contribution in [3.63, 3.8) is 0 Å². The normalized spacial score (nSPS) is 14.6. The molecule has 38 heavy (non-hydrogen) atoms. The number of hydrogen-bond acceptors (Lipinski definition) is 8. The van der Waals surface area contributed by atoms with E-state index in [1.165, 1.54) is 38.7 Å². The van der Waals surface area contributed by atoms with Crippen LogP contribution in [0.4, 0.5) is 14.7 Å². The van der Waals surface area contributed by atoms with Crippen LogP contribution in [0.5, 0.6) is 11.5 Å². The highest BCUT2D eigenvalue weighted by Crippen LogP contribution is 2.40. The number of nitrogens with one attached hydrogen (secondary N) is 2. The molecule has 0 aliphatic carbocycles. The second kappa shape index (κ2) is 10.7. The van der Waals surface area contributed by atoms with Crippen LogP contribution in [0.3, 0.4) is 0 Å². The molecule has 2 N–H and O–H groups in total. The SMILES string of the molecule is COc1cc(OC)c(F)c(-c2ccc(C(=O)Nc3ncc(CN4CCN(C)CC4)[nH]3)c3nccnc23)c1F. The van der Waals surface area contributed by atoms with Crippen LogP contribution >= 0.6 is 0 Å². The van der Waals surface area contributed by atoms with Gasteiger partial charge in [-0.05, 0) is 13.1 Å². The predicted octanol–water partition coefficient (Wildman–Crippen LogP) is 3.32.